The Kier molecular flexibility index (Phi) is 4.18. The number of nitrogens with zero attached hydrogens (tertiary/aromatic N) is 2. The Morgan fingerprint density at radius 2 is 2.00 bits per heavy atom. The van der Waals surface area contributed by atoms with Crippen LogP contribution in [0.5, 0.6) is 0 Å². The molecule has 0 aliphatic carbocycles. The third-order valence-electron chi connectivity index (χ3n) is 2.70. The predicted molar refractivity (Wildman–Crippen MR) is 75.2 cm³/mol. The molecule has 102 valence electrons. The Hall–Kier alpha value is -1.04. The van der Waals surface area contributed by atoms with E-state index in [0.717, 1.165) is 5.56 Å². The second-order valence-corrected chi connectivity index (χ2v) is 6.93. The van der Waals surface area contributed by atoms with Crippen molar-refractivity contribution in [2.75, 3.05) is 0 Å². The van der Waals surface area contributed by atoms with Crippen molar-refractivity contribution in [1.29, 1.82) is 0 Å². The van der Waals surface area contributed by atoms with E-state index in [1.807, 2.05) is 25.1 Å². The topological polar surface area (TPSA) is 52.0 Å². The molecule has 1 aromatic heterocycles. The van der Waals surface area contributed by atoms with E-state index in [-0.39, 0.29) is 5.03 Å². The van der Waals surface area contributed by atoms with E-state index in [1.54, 1.807) is 10.6 Å². The van der Waals surface area contributed by atoms with Crippen molar-refractivity contribution >= 4 is 31.3 Å². The molecule has 0 N–H and O–H groups in total. The van der Waals surface area contributed by atoms with Crippen molar-refractivity contribution in [2.45, 2.75) is 24.9 Å². The maximum absolute atomic E-state index is 11.3. The van der Waals surface area contributed by atoms with Crippen molar-refractivity contribution in [3.63, 3.8) is 0 Å². The molecule has 0 aliphatic rings. The van der Waals surface area contributed by atoms with Crippen LogP contribution in [0.1, 0.15) is 18.3 Å². The molecular formula is C12H12Cl2N2O2S. The van der Waals surface area contributed by atoms with Gasteiger partial charge in [0.25, 0.3) is 9.05 Å². The van der Waals surface area contributed by atoms with Gasteiger partial charge in [0.1, 0.15) is 5.82 Å². The number of halogens is 2. The van der Waals surface area contributed by atoms with Gasteiger partial charge in [-0.2, -0.15) is 0 Å². The molecule has 0 aliphatic heterocycles. The molecule has 0 saturated heterocycles. The van der Waals surface area contributed by atoms with Crippen molar-refractivity contribution in [2.24, 2.45) is 0 Å². The molecule has 4 nitrogen and oxygen atoms in total. The molecular weight excluding hydrogens is 307 g/mol. The number of rotatable bonds is 4. The first kappa shape index (κ1) is 14.4. The minimum Gasteiger partial charge on any atom is -0.329 e. The Morgan fingerprint density at radius 1 is 1.32 bits per heavy atom. The third kappa shape index (κ3) is 3.29. The summed E-state index contributed by atoms with van der Waals surface area (Å²) in [6, 6.07) is 7.40. The predicted octanol–water partition coefficient (Wildman–Crippen LogP) is 3.07. The smallest absolute Gasteiger partial charge is 0.280 e. The van der Waals surface area contributed by atoms with Crippen LogP contribution >= 0.6 is 22.3 Å². The number of hydrogen-bond acceptors (Lipinski definition) is 3. The highest BCUT2D eigenvalue weighted by Crippen LogP contribution is 2.20. The van der Waals surface area contributed by atoms with Gasteiger partial charge in [0.2, 0.25) is 0 Å². The molecule has 7 heteroatoms. The molecule has 0 radical (unpaired) electrons. The lowest BCUT2D eigenvalue weighted by atomic mass is 10.2. The van der Waals surface area contributed by atoms with E-state index >= 15 is 0 Å². The number of imidazole rings is 1. The van der Waals surface area contributed by atoms with Gasteiger partial charge in [-0.05, 0) is 11.6 Å². The Morgan fingerprint density at radius 3 is 2.58 bits per heavy atom. The fourth-order valence-electron chi connectivity index (χ4n) is 1.77. The van der Waals surface area contributed by atoms with Gasteiger partial charge in [0.05, 0.1) is 6.54 Å². The van der Waals surface area contributed by atoms with Crippen LogP contribution in [-0.4, -0.2) is 18.0 Å². The van der Waals surface area contributed by atoms with Crippen LogP contribution < -0.4 is 0 Å². The van der Waals surface area contributed by atoms with E-state index in [9.17, 15) is 8.42 Å². The van der Waals surface area contributed by atoms with Crippen LogP contribution in [0.15, 0.2) is 35.5 Å². The number of aryl methyl sites for hydroxylation is 1. The van der Waals surface area contributed by atoms with E-state index in [2.05, 4.69) is 4.98 Å². The van der Waals surface area contributed by atoms with Crippen LogP contribution in [-0.2, 0) is 22.0 Å². The third-order valence-corrected chi connectivity index (χ3v) is 4.24. The fraction of sp³-hybridized carbons (Fsp3) is 0.250. The van der Waals surface area contributed by atoms with Crippen molar-refractivity contribution in [1.82, 2.24) is 9.55 Å². The summed E-state index contributed by atoms with van der Waals surface area (Å²) < 4.78 is 24.3. The fourth-order valence-corrected chi connectivity index (χ4v) is 2.66. The first-order valence-electron chi connectivity index (χ1n) is 5.66. The molecule has 1 heterocycles. The largest absolute Gasteiger partial charge is 0.329 e. The highest BCUT2D eigenvalue weighted by molar-refractivity contribution is 8.13. The van der Waals surface area contributed by atoms with Gasteiger partial charge < -0.3 is 4.57 Å². The van der Waals surface area contributed by atoms with Crippen LogP contribution in [0.3, 0.4) is 0 Å². The molecule has 0 fully saturated rings. The van der Waals surface area contributed by atoms with Crippen molar-refractivity contribution < 1.29 is 8.42 Å². The first-order valence-corrected chi connectivity index (χ1v) is 8.34. The summed E-state index contributed by atoms with van der Waals surface area (Å²) in [4.78, 5) is 4.03. The molecule has 0 amide bonds. The molecule has 0 spiro atoms. The van der Waals surface area contributed by atoms with Gasteiger partial charge in [0.15, 0.2) is 5.03 Å². The zero-order chi connectivity index (χ0) is 14.0. The van der Waals surface area contributed by atoms with Crippen LogP contribution in [0.2, 0.25) is 5.02 Å². The van der Waals surface area contributed by atoms with Gasteiger partial charge in [-0.1, -0.05) is 36.7 Å². The molecule has 0 atom stereocenters. The molecule has 2 aromatic rings. The SMILES string of the molecule is CCc1nc(S(=O)(=O)Cl)cn1Cc1ccccc1Cl. The molecule has 0 bridgehead atoms. The molecule has 19 heavy (non-hydrogen) atoms. The maximum Gasteiger partial charge on any atom is 0.280 e. The standard InChI is InChI=1S/C12H12Cl2N2O2S/c1-2-11-15-12(19(14,17)18)8-16(11)7-9-5-3-4-6-10(9)13/h3-6,8H,2,7H2,1H3. The van der Waals surface area contributed by atoms with Crippen LogP contribution in [0.25, 0.3) is 0 Å². The summed E-state index contributed by atoms with van der Waals surface area (Å²) in [5.74, 6) is 0.652. The molecule has 0 saturated carbocycles. The Bertz CT molecular complexity index is 696. The second-order valence-electron chi connectivity index (χ2n) is 4.01. The summed E-state index contributed by atoms with van der Waals surface area (Å²) in [5.41, 5.74) is 0.898. The molecule has 1 aromatic carbocycles. The quantitative estimate of drug-likeness (QED) is 0.814. The van der Waals surface area contributed by atoms with E-state index in [1.165, 1.54) is 6.20 Å². The molecule has 0 unspecified atom stereocenters. The van der Waals surface area contributed by atoms with Gasteiger partial charge in [-0.25, -0.2) is 13.4 Å². The van der Waals surface area contributed by atoms with Gasteiger partial charge in [0, 0.05) is 28.3 Å². The number of hydrogen-bond donors (Lipinski definition) is 0. The highest BCUT2D eigenvalue weighted by Gasteiger charge is 2.17. The van der Waals surface area contributed by atoms with Crippen LogP contribution in [0, 0.1) is 0 Å². The first-order chi connectivity index (χ1) is 8.91. The van der Waals surface area contributed by atoms with E-state index in [0.29, 0.717) is 23.8 Å². The summed E-state index contributed by atoms with van der Waals surface area (Å²) in [6.45, 7) is 2.36. The van der Waals surface area contributed by atoms with Gasteiger partial charge in [-0.15, -0.1) is 0 Å². The minimum absolute atomic E-state index is 0.127. The lowest BCUT2D eigenvalue weighted by Gasteiger charge is -2.07. The number of benzene rings is 1. The second kappa shape index (κ2) is 5.53. The minimum atomic E-state index is -3.81. The normalized spacial score (nSPS) is 11.7. The van der Waals surface area contributed by atoms with Crippen LogP contribution in [0.4, 0.5) is 0 Å². The van der Waals surface area contributed by atoms with Gasteiger partial charge >= 0.3 is 0 Å². The zero-order valence-electron chi connectivity index (χ0n) is 10.2. The number of aromatic nitrogens is 2. The van der Waals surface area contributed by atoms with Gasteiger partial charge in [-0.3, -0.25) is 0 Å². The average molecular weight is 319 g/mol. The maximum atomic E-state index is 11.3. The zero-order valence-corrected chi connectivity index (χ0v) is 12.5. The van der Waals surface area contributed by atoms with Crippen molar-refractivity contribution in [3.8, 4) is 0 Å². The Labute approximate surface area is 121 Å². The monoisotopic (exact) mass is 318 g/mol. The lowest BCUT2D eigenvalue weighted by Crippen LogP contribution is -2.03. The average Bonchev–Trinajstić information content (AvgIpc) is 2.75. The summed E-state index contributed by atoms with van der Waals surface area (Å²) in [5, 5.41) is 0.506. The van der Waals surface area contributed by atoms with E-state index in [4.69, 9.17) is 22.3 Å². The molecule has 2 rings (SSSR count). The lowest BCUT2D eigenvalue weighted by molar-refractivity contribution is 0.606. The van der Waals surface area contributed by atoms with Crippen molar-refractivity contribution in [3.05, 3.63) is 46.9 Å². The summed E-state index contributed by atoms with van der Waals surface area (Å²) in [7, 11) is 1.50. The summed E-state index contributed by atoms with van der Waals surface area (Å²) in [6.07, 6.45) is 2.04. The van der Waals surface area contributed by atoms with E-state index < -0.39 is 9.05 Å². The Balaban J connectivity index is 2.40. The summed E-state index contributed by atoms with van der Waals surface area (Å²) >= 11 is 6.09. The highest BCUT2D eigenvalue weighted by atomic mass is 35.7.